The number of ether oxygens (including phenoxy) is 1. The predicted molar refractivity (Wildman–Crippen MR) is 106 cm³/mol. The summed E-state index contributed by atoms with van der Waals surface area (Å²) in [4.78, 5) is 37.0. The quantitative estimate of drug-likeness (QED) is 0.767. The number of allylic oxidation sites excluding steroid dienone is 2. The predicted octanol–water partition coefficient (Wildman–Crippen LogP) is 4.28. The molecule has 3 saturated carbocycles. The van der Waals surface area contributed by atoms with E-state index in [1.165, 1.54) is 5.57 Å². The van der Waals surface area contributed by atoms with Crippen molar-refractivity contribution in [2.45, 2.75) is 66.2 Å². The van der Waals surface area contributed by atoms with Crippen LogP contribution in [0.5, 0.6) is 0 Å². The Kier molecular flexibility index (Phi) is 3.69. The molecule has 0 saturated heterocycles. The Morgan fingerprint density at radius 1 is 1.24 bits per heavy atom. The van der Waals surface area contributed by atoms with Gasteiger partial charge in [-0.3, -0.25) is 14.4 Å². The molecule has 0 radical (unpaired) electrons. The summed E-state index contributed by atoms with van der Waals surface area (Å²) < 4.78 is 5.70. The maximum Gasteiger partial charge on any atom is 0.304 e. The highest BCUT2D eigenvalue weighted by Gasteiger charge is 2.70. The molecule has 1 aliphatic heterocycles. The van der Waals surface area contributed by atoms with Crippen molar-refractivity contribution in [3.63, 3.8) is 0 Å². The molecular formula is C24H30O5. The molecular weight excluding hydrogens is 368 g/mol. The molecule has 0 amide bonds. The Morgan fingerprint density at radius 3 is 2.62 bits per heavy atom. The molecule has 0 aromatic rings. The largest absolute Gasteiger partial charge is 0.481 e. The number of carbonyl (C=O) groups excluding carboxylic acids is 2. The Labute approximate surface area is 171 Å². The first kappa shape index (κ1) is 19.1. The zero-order valence-corrected chi connectivity index (χ0v) is 17.7. The minimum absolute atomic E-state index is 0.0121. The zero-order chi connectivity index (χ0) is 20.9. The number of hydrogen-bond donors (Lipinski definition) is 1. The normalized spacial score (nSPS) is 47.3. The summed E-state index contributed by atoms with van der Waals surface area (Å²) in [5.74, 6) is 1.83. The van der Waals surface area contributed by atoms with E-state index in [0.717, 1.165) is 37.9 Å². The van der Waals surface area contributed by atoms with Gasteiger partial charge in [-0.05, 0) is 81.1 Å². The number of hydrogen-bond acceptors (Lipinski definition) is 4. The van der Waals surface area contributed by atoms with Crippen molar-refractivity contribution in [2.75, 3.05) is 0 Å². The van der Waals surface area contributed by atoms with Crippen LogP contribution < -0.4 is 0 Å². The van der Waals surface area contributed by atoms with E-state index in [0.29, 0.717) is 23.5 Å². The van der Waals surface area contributed by atoms with E-state index in [4.69, 9.17) is 4.74 Å². The molecule has 29 heavy (non-hydrogen) atoms. The number of ketones is 2. The van der Waals surface area contributed by atoms with Crippen LogP contribution in [0, 0.1) is 39.9 Å². The number of fused-ring (bicyclic) bond motifs is 6. The number of rotatable bonds is 3. The molecule has 0 bridgehead atoms. The van der Waals surface area contributed by atoms with Crippen molar-refractivity contribution in [3.05, 3.63) is 23.2 Å². The summed E-state index contributed by atoms with van der Waals surface area (Å²) in [6.45, 7) is 8.12. The van der Waals surface area contributed by atoms with E-state index in [2.05, 4.69) is 20.8 Å². The van der Waals surface area contributed by atoms with Gasteiger partial charge in [-0.1, -0.05) is 19.4 Å². The van der Waals surface area contributed by atoms with E-state index in [1.807, 2.05) is 0 Å². The molecule has 4 aliphatic carbocycles. The lowest BCUT2D eigenvalue weighted by Gasteiger charge is -2.58. The van der Waals surface area contributed by atoms with Gasteiger partial charge in [-0.15, -0.1) is 0 Å². The minimum Gasteiger partial charge on any atom is -0.481 e. The van der Waals surface area contributed by atoms with Crippen molar-refractivity contribution < 1.29 is 24.2 Å². The summed E-state index contributed by atoms with van der Waals surface area (Å²) >= 11 is 0. The number of carboxylic acids is 1. The van der Waals surface area contributed by atoms with Crippen molar-refractivity contribution >= 4 is 17.5 Å². The van der Waals surface area contributed by atoms with E-state index in [-0.39, 0.29) is 34.7 Å². The second kappa shape index (κ2) is 5.61. The zero-order valence-electron chi connectivity index (χ0n) is 17.7. The Hall–Kier alpha value is -1.91. The van der Waals surface area contributed by atoms with Crippen LogP contribution in [0.25, 0.3) is 0 Å². The van der Waals surface area contributed by atoms with Crippen LogP contribution in [0.1, 0.15) is 66.2 Å². The van der Waals surface area contributed by atoms with Crippen molar-refractivity contribution in [1.29, 1.82) is 0 Å². The van der Waals surface area contributed by atoms with Crippen LogP contribution >= 0.6 is 0 Å². The van der Waals surface area contributed by atoms with E-state index >= 15 is 0 Å². The second-order valence-corrected chi connectivity index (χ2v) is 10.6. The van der Waals surface area contributed by atoms with E-state index < -0.39 is 11.4 Å². The first-order valence-corrected chi connectivity index (χ1v) is 11.0. The van der Waals surface area contributed by atoms with Gasteiger partial charge >= 0.3 is 5.97 Å². The van der Waals surface area contributed by atoms with Gasteiger partial charge < -0.3 is 9.84 Å². The van der Waals surface area contributed by atoms with Gasteiger partial charge in [0.05, 0.1) is 11.8 Å². The summed E-state index contributed by atoms with van der Waals surface area (Å²) in [6.07, 6.45) is 6.34. The second-order valence-electron chi connectivity index (χ2n) is 10.6. The van der Waals surface area contributed by atoms with Crippen LogP contribution in [0.3, 0.4) is 0 Å². The molecule has 5 heteroatoms. The third-order valence-corrected chi connectivity index (χ3v) is 9.88. The Balaban J connectivity index is 1.56. The van der Waals surface area contributed by atoms with E-state index in [1.54, 1.807) is 13.0 Å². The van der Waals surface area contributed by atoms with Gasteiger partial charge in [-0.2, -0.15) is 0 Å². The SMILES string of the molecule is CC(=O)[C@@]1(CC(=O)O)[C@@H](C)C[C@H]2[C@@H]3CCC4=CC(=O)C5=C(O5)[C@]4(C)[C@H]3CC[C@@]21C. The summed E-state index contributed by atoms with van der Waals surface area (Å²) in [7, 11) is 0. The topological polar surface area (TPSA) is 84.0 Å². The summed E-state index contributed by atoms with van der Waals surface area (Å²) in [5.41, 5.74) is -0.0703. The number of carbonyl (C=O) groups is 3. The van der Waals surface area contributed by atoms with Crippen LogP contribution in [-0.4, -0.2) is 22.6 Å². The van der Waals surface area contributed by atoms with Gasteiger partial charge in [0.25, 0.3) is 0 Å². The lowest BCUT2D eigenvalue weighted by atomic mass is 9.45. The van der Waals surface area contributed by atoms with Crippen molar-refractivity contribution in [1.82, 2.24) is 0 Å². The smallest absolute Gasteiger partial charge is 0.304 e. The Bertz CT molecular complexity index is 912. The molecule has 7 atom stereocenters. The average Bonchev–Trinajstić information content (AvgIpc) is 3.41. The highest BCUT2D eigenvalue weighted by atomic mass is 16.6. The van der Waals surface area contributed by atoms with Crippen LogP contribution in [0.15, 0.2) is 23.2 Å². The van der Waals surface area contributed by atoms with Crippen LogP contribution in [-0.2, 0) is 19.1 Å². The van der Waals surface area contributed by atoms with Gasteiger partial charge in [0.2, 0.25) is 11.5 Å². The molecule has 0 spiro atoms. The molecule has 1 N–H and O–H groups in total. The number of aliphatic carboxylic acids is 1. The lowest BCUT2D eigenvalue weighted by molar-refractivity contribution is -0.157. The summed E-state index contributed by atoms with van der Waals surface area (Å²) in [5, 5.41) is 9.69. The molecule has 5 aliphatic rings. The van der Waals surface area contributed by atoms with Gasteiger partial charge in [-0.25, -0.2) is 0 Å². The molecule has 5 nitrogen and oxygen atoms in total. The molecule has 0 unspecified atom stereocenters. The first-order valence-electron chi connectivity index (χ1n) is 11.0. The molecule has 156 valence electrons. The number of Topliss-reactive ketones (excluding diaryl/α,β-unsaturated/α-hetero) is 1. The van der Waals surface area contributed by atoms with Gasteiger partial charge in [0.15, 0.2) is 5.76 Å². The van der Waals surface area contributed by atoms with E-state index in [9.17, 15) is 19.5 Å². The van der Waals surface area contributed by atoms with Crippen LogP contribution in [0.4, 0.5) is 0 Å². The maximum atomic E-state index is 13.0. The fourth-order valence-electron chi connectivity index (χ4n) is 8.51. The number of carboxylic acid groups (broad SMARTS) is 1. The first-order chi connectivity index (χ1) is 13.6. The van der Waals surface area contributed by atoms with Gasteiger partial charge in [0, 0.05) is 5.41 Å². The highest BCUT2D eigenvalue weighted by molar-refractivity contribution is 6.07. The fraction of sp³-hybridized carbons (Fsp3) is 0.708. The Morgan fingerprint density at radius 2 is 1.97 bits per heavy atom. The molecule has 5 rings (SSSR count). The van der Waals surface area contributed by atoms with Crippen molar-refractivity contribution in [2.24, 2.45) is 39.9 Å². The third kappa shape index (κ3) is 2.09. The molecule has 0 aromatic carbocycles. The van der Waals surface area contributed by atoms with Gasteiger partial charge in [0.1, 0.15) is 5.78 Å². The lowest BCUT2D eigenvalue weighted by Crippen LogP contribution is -2.55. The standard InChI is InChI=1S/C24H30O5/c1-12-9-17-15-6-5-14-10-18(26)20-21(29-20)23(14,4)16(15)7-8-22(17,3)24(12,13(2)25)11-19(27)28/h10,12,15-17H,5-9,11H2,1-4H3,(H,27,28)/t12-,15+,16-,17-,22-,23-,24+/m0/s1. The molecule has 1 heterocycles. The fourth-order valence-corrected chi connectivity index (χ4v) is 8.51. The molecule has 3 fully saturated rings. The summed E-state index contributed by atoms with van der Waals surface area (Å²) in [6, 6.07) is 0. The van der Waals surface area contributed by atoms with Crippen LogP contribution in [0.2, 0.25) is 0 Å². The highest BCUT2D eigenvalue weighted by Crippen LogP contribution is 2.73. The average molecular weight is 398 g/mol. The van der Waals surface area contributed by atoms with Crippen molar-refractivity contribution in [3.8, 4) is 0 Å². The third-order valence-electron chi connectivity index (χ3n) is 9.88. The monoisotopic (exact) mass is 398 g/mol. The maximum absolute atomic E-state index is 13.0. The molecule has 0 aromatic heterocycles. The minimum atomic E-state index is -0.871.